The number of likely N-dealkylation sites (N-methyl/N-ethyl adjacent to an activating group) is 2. The number of piperidine rings is 1. The number of nitrogens with two attached hydrogens (primary N) is 1. The monoisotopic (exact) mass is 525 g/mol. The summed E-state index contributed by atoms with van der Waals surface area (Å²) in [5, 5.41) is 2.45. The number of nitrogens with one attached hydrogen (secondary N) is 1. The summed E-state index contributed by atoms with van der Waals surface area (Å²) in [7, 11) is 3.07. The molecule has 0 aromatic heterocycles. The van der Waals surface area contributed by atoms with E-state index in [-0.39, 0.29) is 29.9 Å². The molecule has 0 aliphatic carbocycles. The number of ether oxygens (including phenoxy) is 1. The first-order valence-electron chi connectivity index (χ1n) is 12.8. The number of urea groups is 1. The van der Waals surface area contributed by atoms with Gasteiger partial charge in [-0.1, -0.05) is 24.3 Å². The zero-order valence-electron chi connectivity index (χ0n) is 22.0. The summed E-state index contributed by atoms with van der Waals surface area (Å²) < 4.78 is 5.51. The molecule has 0 spiro atoms. The first-order chi connectivity index (χ1) is 18.3. The van der Waals surface area contributed by atoms with Crippen LogP contribution in [0.4, 0.5) is 4.79 Å². The molecule has 12 nitrogen and oxygen atoms in total. The fourth-order valence-electron chi connectivity index (χ4n) is 4.95. The predicted octanol–water partition coefficient (Wildman–Crippen LogP) is 0.254. The topological polar surface area (TPSA) is 141 Å². The van der Waals surface area contributed by atoms with Crippen molar-refractivity contribution in [3.05, 3.63) is 42.0 Å². The maximum absolute atomic E-state index is 13.8. The summed E-state index contributed by atoms with van der Waals surface area (Å²) in [5.41, 5.74) is 6.39. The summed E-state index contributed by atoms with van der Waals surface area (Å²) in [5.74, 6) is -0.476. The van der Waals surface area contributed by atoms with Crippen LogP contribution in [0.1, 0.15) is 30.1 Å². The molecule has 0 saturated carbocycles. The van der Waals surface area contributed by atoms with Gasteiger partial charge in [-0.05, 0) is 31.9 Å². The molecule has 3 aliphatic heterocycles. The van der Waals surface area contributed by atoms with Crippen LogP contribution in [-0.2, 0) is 9.59 Å². The molecule has 3 heterocycles. The van der Waals surface area contributed by atoms with Gasteiger partial charge in [0.2, 0.25) is 0 Å². The van der Waals surface area contributed by atoms with Crippen molar-refractivity contribution in [2.24, 2.45) is 10.7 Å². The molecule has 204 valence electrons. The van der Waals surface area contributed by atoms with Gasteiger partial charge in [0.05, 0.1) is 12.1 Å². The number of aliphatic imine (C=N–C) groups is 1. The second-order valence-corrected chi connectivity index (χ2v) is 9.56. The minimum absolute atomic E-state index is 0.00696. The van der Waals surface area contributed by atoms with Crippen molar-refractivity contribution in [3.8, 4) is 5.75 Å². The van der Waals surface area contributed by atoms with E-state index in [9.17, 15) is 19.2 Å². The number of benzene rings is 1. The number of amides is 4. The third kappa shape index (κ3) is 5.35. The molecule has 2 unspecified atom stereocenters. The number of fused-ring (bicyclic) bond motifs is 1. The van der Waals surface area contributed by atoms with Crippen molar-refractivity contribution in [1.82, 2.24) is 24.9 Å². The molecule has 2 fully saturated rings. The molecule has 3 aliphatic rings. The van der Waals surface area contributed by atoms with E-state index in [0.717, 1.165) is 24.3 Å². The number of hydrogen-bond acceptors (Lipinski definition) is 9. The molecule has 1 aromatic rings. The molecule has 2 saturated heterocycles. The Bertz CT molecular complexity index is 1150. The third-order valence-corrected chi connectivity index (χ3v) is 6.98. The van der Waals surface area contributed by atoms with Crippen LogP contribution < -0.4 is 15.8 Å². The fraction of sp³-hybridized carbons (Fsp3) is 0.500. The third-order valence-electron chi connectivity index (χ3n) is 6.98. The van der Waals surface area contributed by atoms with Gasteiger partial charge in [-0.15, -0.1) is 0 Å². The maximum Gasteiger partial charge on any atom is 0.328 e. The second kappa shape index (κ2) is 11.6. The van der Waals surface area contributed by atoms with Crippen molar-refractivity contribution in [2.75, 3.05) is 46.9 Å². The van der Waals surface area contributed by atoms with Gasteiger partial charge in [-0.3, -0.25) is 19.3 Å². The highest BCUT2D eigenvalue weighted by molar-refractivity contribution is 6.09. The van der Waals surface area contributed by atoms with Crippen LogP contribution in [0.15, 0.2) is 41.4 Å². The standard InChI is InChI=1S/C26H35N7O5/c1-4-5-13-32-22-23(29-25(32)31-12-8-9-17(27)14-31)30(3)26(37)33(24(22)36)15-19(34)18-10-6-7-11-20(18)38-16-21(35)28-2/h4-7,10-11,17,22-23H,8-9,12-16,27H2,1-3H3,(H,28,35)/b5-4+/t17-,22?,23?/m0/s1. The summed E-state index contributed by atoms with van der Waals surface area (Å²) in [4.78, 5) is 63.2. The number of ketones is 1. The molecule has 38 heavy (non-hydrogen) atoms. The highest BCUT2D eigenvalue weighted by atomic mass is 16.5. The Labute approximate surface area is 222 Å². The molecule has 4 rings (SSSR count). The largest absolute Gasteiger partial charge is 0.483 e. The van der Waals surface area contributed by atoms with Crippen LogP contribution in [0.2, 0.25) is 0 Å². The van der Waals surface area contributed by atoms with Gasteiger partial charge in [0.1, 0.15) is 5.75 Å². The molecule has 4 amide bonds. The van der Waals surface area contributed by atoms with E-state index in [2.05, 4.69) is 10.2 Å². The van der Waals surface area contributed by atoms with E-state index < -0.39 is 36.5 Å². The Kier molecular flexibility index (Phi) is 8.30. The van der Waals surface area contributed by atoms with Gasteiger partial charge >= 0.3 is 6.03 Å². The molecule has 3 atom stereocenters. The van der Waals surface area contributed by atoms with Gasteiger partial charge < -0.3 is 30.5 Å². The van der Waals surface area contributed by atoms with Gasteiger partial charge in [0, 0.05) is 39.8 Å². The van der Waals surface area contributed by atoms with Crippen LogP contribution in [-0.4, -0.2) is 114 Å². The minimum atomic E-state index is -0.769. The van der Waals surface area contributed by atoms with Crippen molar-refractivity contribution in [2.45, 2.75) is 38.0 Å². The van der Waals surface area contributed by atoms with E-state index >= 15 is 0 Å². The van der Waals surface area contributed by atoms with Gasteiger partial charge in [0.15, 0.2) is 30.6 Å². The normalized spacial score (nSPS) is 23.6. The number of para-hydroxylation sites is 1. The van der Waals surface area contributed by atoms with Crippen LogP contribution >= 0.6 is 0 Å². The predicted molar refractivity (Wildman–Crippen MR) is 141 cm³/mol. The number of carbonyl (C=O) groups is 4. The SMILES string of the molecule is C/C=C/CN1C(N2CCC[C@H](N)C2)=NC2C1C(=O)N(CC(=O)c1ccccc1OCC(=O)NC)C(=O)N2C. The molecular formula is C26H35N7O5. The van der Waals surface area contributed by atoms with Crippen LogP contribution in [0, 0.1) is 0 Å². The second-order valence-electron chi connectivity index (χ2n) is 9.56. The van der Waals surface area contributed by atoms with Crippen molar-refractivity contribution in [1.29, 1.82) is 0 Å². The number of hydrogen-bond donors (Lipinski definition) is 2. The number of carbonyl (C=O) groups excluding carboxylic acids is 4. The number of guanidine groups is 1. The highest BCUT2D eigenvalue weighted by Gasteiger charge is 2.53. The lowest BCUT2D eigenvalue weighted by Gasteiger charge is -2.42. The lowest BCUT2D eigenvalue weighted by molar-refractivity contribution is -0.137. The smallest absolute Gasteiger partial charge is 0.328 e. The molecule has 12 heteroatoms. The molecular weight excluding hydrogens is 490 g/mol. The Morgan fingerprint density at radius 1 is 1.26 bits per heavy atom. The van der Waals surface area contributed by atoms with Crippen LogP contribution in [0.5, 0.6) is 5.75 Å². The number of imide groups is 1. The highest BCUT2D eigenvalue weighted by Crippen LogP contribution is 2.30. The molecule has 3 N–H and O–H groups in total. The zero-order valence-corrected chi connectivity index (χ0v) is 22.0. The fourth-order valence-corrected chi connectivity index (χ4v) is 4.95. The Hall–Kier alpha value is -3.93. The van der Waals surface area contributed by atoms with E-state index in [1.165, 1.54) is 11.9 Å². The number of Topliss-reactive ketones (excluding diaryl/α,β-unsaturated/α-hetero) is 1. The van der Waals surface area contributed by atoms with E-state index in [0.29, 0.717) is 19.0 Å². The van der Waals surface area contributed by atoms with E-state index in [1.54, 1.807) is 31.3 Å². The van der Waals surface area contributed by atoms with Crippen molar-refractivity contribution < 1.29 is 23.9 Å². The number of likely N-dealkylation sites (tertiary alicyclic amines) is 1. The average molecular weight is 526 g/mol. The van der Waals surface area contributed by atoms with Crippen LogP contribution in [0.3, 0.4) is 0 Å². The Morgan fingerprint density at radius 3 is 2.74 bits per heavy atom. The van der Waals surface area contributed by atoms with Crippen molar-refractivity contribution in [3.63, 3.8) is 0 Å². The summed E-state index contributed by atoms with van der Waals surface area (Å²) in [6.07, 6.45) is 4.96. The molecule has 0 radical (unpaired) electrons. The van der Waals surface area contributed by atoms with E-state index in [1.807, 2.05) is 24.0 Å². The number of nitrogens with zero attached hydrogens (tertiary/aromatic N) is 5. The van der Waals surface area contributed by atoms with E-state index in [4.69, 9.17) is 15.5 Å². The lowest BCUT2D eigenvalue weighted by Crippen LogP contribution is -2.66. The zero-order chi connectivity index (χ0) is 27.4. The van der Waals surface area contributed by atoms with Gasteiger partial charge in [0.25, 0.3) is 11.8 Å². The number of allylic oxidation sites excluding steroid dienone is 1. The van der Waals surface area contributed by atoms with Gasteiger partial charge in [-0.25, -0.2) is 9.79 Å². The first kappa shape index (κ1) is 27.1. The first-order valence-corrected chi connectivity index (χ1v) is 12.8. The summed E-state index contributed by atoms with van der Waals surface area (Å²) in [6.45, 7) is 2.97. The van der Waals surface area contributed by atoms with Crippen molar-refractivity contribution >= 4 is 29.6 Å². The minimum Gasteiger partial charge on any atom is -0.483 e. The average Bonchev–Trinajstić information content (AvgIpc) is 3.31. The number of rotatable bonds is 8. The Balaban J connectivity index is 1.58. The quantitative estimate of drug-likeness (QED) is 0.364. The Morgan fingerprint density at radius 2 is 2.03 bits per heavy atom. The molecule has 0 bridgehead atoms. The molecule has 1 aromatic carbocycles. The summed E-state index contributed by atoms with van der Waals surface area (Å²) in [6, 6.07) is 5.08. The lowest BCUT2D eigenvalue weighted by atomic mass is 10.1. The maximum atomic E-state index is 13.8. The van der Waals surface area contributed by atoms with Gasteiger partial charge in [-0.2, -0.15) is 0 Å². The summed E-state index contributed by atoms with van der Waals surface area (Å²) >= 11 is 0. The van der Waals surface area contributed by atoms with Crippen LogP contribution in [0.25, 0.3) is 0 Å².